The first kappa shape index (κ1) is 16.5. The molecule has 1 saturated carbocycles. The Bertz CT molecular complexity index is 424. The van der Waals surface area contributed by atoms with Crippen molar-refractivity contribution in [1.29, 1.82) is 0 Å². The predicted molar refractivity (Wildman–Crippen MR) is 87.9 cm³/mol. The molecule has 1 aliphatic rings. The van der Waals surface area contributed by atoms with Gasteiger partial charge in [0.05, 0.1) is 0 Å². The van der Waals surface area contributed by atoms with Gasteiger partial charge >= 0.3 is 0 Å². The van der Waals surface area contributed by atoms with Gasteiger partial charge in [0, 0.05) is 0 Å². The zero-order valence-electron chi connectivity index (χ0n) is 13.8. The molecule has 0 amide bonds. The minimum atomic E-state index is -0.135. The first-order valence-corrected chi connectivity index (χ1v) is 8.45. The quantitative estimate of drug-likeness (QED) is 0.742. The fraction of sp³-hybridized carbons (Fsp3) is 0.684. The highest BCUT2D eigenvalue weighted by Crippen LogP contribution is 2.43. The van der Waals surface area contributed by atoms with E-state index >= 15 is 0 Å². The molecule has 2 atom stereocenters. The van der Waals surface area contributed by atoms with Crippen LogP contribution in [-0.4, -0.2) is 13.1 Å². The van der Waals surface area contributed by atoms with Crippen molar-refractivity contribution < 1.29 is 4.39 Å². The highest BCUT2D eigenvalue weighted by molar-refractivity contribution is 5.17. The van der Waals surface area contributed by atoms with Crippen LogP contribution in [0.3, 0.4) is 0 Å². The average molecular weight is 291 g/mol. The predicted octanol–water partition coefficient (Wildman–Crippen LogP) is 4.81. The van der Waals surface area contributed by atoms with E-state index in [1.807, 2.05) is 12.1 Å². The molecule has 1 aromatic rings. The molecule has 2 unspecified atom stereocenters. The van der Waals surface area contributed by atoms with Gasteiger partial charge in [-0.15, -0.1) is 0 Å². The molecule has 0 spiro atoms. The van der Waals surface area contributed by atoms with E-state index in [1.165, 1.54) is 31.2 Å². The van der Waals surface area contributed by atoms with Gasteiger partial charge in [0.1, 0.15) is 5.82 Å². The Labute approximate surface area is 129 Å². The van der Waals surface area contributed by atoms with Crippen LogP contribution in [-0.2, 0) is 6.42 Å². The van der Waals surface area contributed by atoms with E-state index in [4.69, 9.17) is 0 Å². The van der Waals surface area contributed by atoms with Crippen LogP contribution < -0.4 is 5.32 Å². The maximum atomic E-state index is 13.1. The molecule has 0 aliphatic heterocycles. The Morgan fingerprint density at radius 3 is 2.57 bits per heavy atom. The lowest BCUT2D eigenvalue weighted by Crippen LogP contribution is -2.37. The number of benzene rings is 1. The molecule has 1 N–H and O–H groups in total. The first-order chi connectivity index (χ1) is 10.00. The molecule has 1 fully saturated rings. The summed E-state index contributed by atoms with van der Waals surface area (Å²) in [6.45, 7) is 9.24. The van der Waals surface area contributed by atoms with Crippen LogP contribution in [0.5, 0.6) is 0 Å². The second-order valence-electron chi connectivity index (χ2n) is 7.46. The van der Waals surface area contributed by atoms with E-state index in [-0.39, 0.29) is 5.82 Å². The van der Waals surface area contributed by atoms with E-state index in [9.17, 15) is 4.39 Å². The Morgan fingerprint density at radius 2 is 1.90 bits per heavy atom. The van der Waals surface area contributed by atoms with E-state index < -0.39 is 0 Å². The Balaban J connectivity index is 2.00. The van der Waals surface area contributed by atoms with E-state index in [2.05, 4.69) is 26.1 Å². The van der Waals surface area contributed by atoms with Gasteiger partial charge in [-0.1, -0.05) is 32.9 Å². The van der Waals surface area contributed by atoms with Gasteiger partial charge in [0.2, 0.25) is 0 Å². The second kappa shape index (κ2) is 7.40. The van der Waals surface area contributed by atoms with E-state index in [1.54, 1.807) is 12.1 Å². The summed E-state index contributed by atoms with van der Waals surface area (Å²) in [6.07, 6.45) is 6.20. The molecule has 1 aliphatic carbocycles. The minimum absolute atomic E-state index is 0.135. The number of hydrogen-bond donors (Lipinski definition) is 1. The van der Waals surface area contributed by atoms with Crippen LogP contribution in [0.1, 0.15) is 52.0 Å². The van der Waals surface area contributed by atoms with Crippen molar-refractivity contribution >= 4 is 0 Å². The molecule has 0 saturated heterocycles. The summed E-state index contributed by atoms with van der Waals surface area (Å²) in [5.74, 6) is 1.34. The van der Waals surface area contributed by atoms with Gasteiger partial charge in [-0.2, -0.15) is 0 Å². The standard InChI is InChI=1S/C19H30FN/c1-4-11-21-14-16-9-10-19(2,3)13-17(16)12-15-5-7-18(20)8-6-15/h5-8,16-17,21H,4,9-14H2,1-3H3. The molecule has 0 aromatic heterocycles. The summed E-state index contributed by atoms with van der Waals surface area (Å²) in [4.78, 5) is 0. The van der Waals surface area contributed by atoms with Crippen LogP contribution in [0.4, 0.5) is 4.39 Å². The molecule has 21 heavy (non-hydrogen) atoms. The summed E-state index contributed by atoms with van der Waals surface area (Å²) in [5.41, 5.74) is 1.73. The van der Waals surface area contributed by atoms with Gasteiger partial charge in [0.25, 0.3) is 0 Å². The number of nitrogens with one attached hydrogen (secondary N) is 1. The lowest BCUT2D eigenvalue weighted by atomic mass is 9.65. The van der Waals surface area contributed by atoms with Crippen LogP contribution in [0.25, 0.3) is 0 Å². The largest absolute Gasteiger partial charge is 0.316 e. The first-order valence-electron chi connectivity index (χ1n) is 8.45. The molecule has 2 rings (SSSR count). The lowest BCUT2D eigenvalue weighted by molar-refractivity contribution is 0.116. The summed E-state index contributed by atoms with van der Waals surface area (Å²) in [5, 5.41) is 3.60. The smallest absolute Gasteiger partial charge is 0.123 e. The van der Waals surface area contributed by atoms with Gasteiger partial charge < -0.3 is 5.32 Å². The molecular weight excluding hydrogens is 261 g/mol. The normalized spacial score (nSPS) is 25.0. The summed E-state index contributed by atoms with van der Waals surface area (Å²) < 4.78 is 13.1. The summed E-state index contributed by atoms with van der Waals surface area (Å²) in [6, 6.07) is 7.09. The highest BCUT2D eigenvalue weighted by Gasteiger charge is 2.34. The van der Waals surface area contributed by atoms with Gasteiger partial charge in [-0.25, -0.2) is 4.39 Å². The zero-order chi connectivity index (χ0) is 15.3. The third-order valence-corrected chi connectivity index (χ3v) is 4.92. The monoisotopic (exact) mass is 291 g/mol. The number of halogens is 1. The Hall–Kier alpha value is -0.890. The van der Waals surface area contributed by atoms with Crippen molar-refractivity contribution in [3.8, 4) is 0 Å². The van der Waals surface area contributed by atoms with E-state index in [0.29, 0.717) is 11.3 Å². The molecule has 1 aromatic carbocycles. The molecule has 0 bridgehead atoms. The second-order valence-corrected chi connectivity index (χ2v) is 7.46. The summed E-state index contributed by atoms with van der Waals surface area (Å²) in [7, 11) is 0. The SMILES string of the molecule is CCCNCC1CCC(C)(C)CC1Cc1ccc(F)cc1. The highest BCUT2D eigenvalue weighted by atomic mass is 19.1. The van der Waals surface area contributed by atoms with Gasteiger partial charge in [0.15, 0.2) is 0 Å². The topological polar surface area (TPSA) is 12.0 Å². The lowest BCUT2D eigenvalue weighted by Gasteiger charge is -2.41. The third-order valence-electron chi connectivity index (χ3n) is 4.92. The van der Waals surface area contributed by atoms with Crippen molar-refractivity contribution in [2.24, 2.45) is 17.3 Å². The molecular formula is C19H30FN. The van der Waals surface area contributed by atoms with Crippen LogP contribution in [0, 0.1) is 23.1 Å². The van der Waals surface area contributed by atoms with E-state index in [0.717, 1.165) is 25.4 Å². The van der Waals surface area contributed by atoms with Crippen molar-refractivity contribution in [3.63, 3.8) is 0 Å². The van der Waals surface area contributed by atoms with Gasteiger partial charge in [-0.05, 0) is 80.1 Å². The van der Waals surface area contributed by atoms with Gasteiger partial charge in [-0.3, -0.25) is 0 Å². The third kappa shape index (κ3) is 5.10. The number of hydrogen-bond acceptors (Lipinski definition) is 1. The molecule has 0 heterocycles. The van der Waals surface area contributed by atoms with Crippen LogP contribution in [0.2, 0.25) is 0 Å². The molecule has 1 nitrogen and oxygen atoms in total. The fourth-order valence-corrected chi connectivity index (χ4v) is 3.69. The minimum Gasteiger partial charge on any atom is -0.316 e. The van der Waals surface area contributed by atoms with Crippen LogP contribution in [0.15, 0.2) is 24.3 Å². The van der Waals surface area contributed by atoms with Crippen molar-refractivity contribution in [2.75, 3.05) is 13.1 Å². The number of rotatable bonds is 6. The maximum absolute atomic E-state index is 13.1. The summed E-state index contributed by atoms with van der Waals surface area (Å²) >= 11 is 0. The Kier molecular flexibility index (Phi) is 5.80. The Morgan fingerprint density at radius 1 is 1.19 bits per heavy atom. The van der Waals surface area contributed by atoms with Crippen LogP contribution >= 0.6 is 0 Å². The molecule has 0 radical (unpaired) electrons. The zero-order valence-corrected chi connectivity index (χ0v) is 13.8. The fourth-order valence-electron chi connectivity index (χ4n) is 3.69. The van der Waals surface area contributed by atoms with Crippen molar-refractivity contribution in [3.05, 3.63) is 35.6 Å². The average Bonchev–Trinajstić information content (AvgIpc) is 2.43. The molecule has 118 valence electrons. The van der Waals surface area contributed by atoms with Crippen molar-refractivity contribution in [2.45, 2.75) is 52.9 Å². The molecule has 2 heteroatoms. The maximum Gasteiger partial charge on any atom is 0.123 e. The van der Waals surface area contributed by atoms with Crippen molar-refractivity contribution in [1.82, 2.24) is 5.32 Å².